The van der Waals surface area contributed by atoms with Gasteiger partial charge in [-0.2, -0.15) is 17.0 Å². The van der Waals surface area contributed by atoms with Gasteiger partial charge in [0.15, 0.2) is 0 Å². The Bertz CT molecular complexity index is 358. The van der Waals surface area contributed by atoms with Gasteiger partial charge in [-0.05, 0) is 5.41 Å². The summed E-state index contributed by atoms with van der Waals surface area (Å²) in [6, 6.07) is -0.196. The highest BCUT2D eigenvalue weighted by Crippen LogP contribution is 2.19. The van der Waals surface area contributed by atoms with E-state index in [9.17, 15) is 8.42 Å². The summed E-state index contributed by atoms with van der Waals surface area (Å²) in [5, 5.41) is 0. The first-order valence-electron chi connectivity index (χ1n) is 6.20. The van der Waals surface area contributed by atoms with Gasteiger partial charge in [-0.1, -0.05) is 20.8 Å². The van der Waals surface area contributed by atoms with Crippen LogP contribution in [-0.2, 0) is 14.9 Å². The van der Waals surface area contributed by atoms with Crippen LogP contribution >= 0.6 is 0 Å². The molecule has 0 bridgehead atoms. The molecule has 2 N–H and O–H groups in total. The SMILES string of the molecule is CN(C[C@@H](N)C(C)(C)C)S(=O)(=O)N1CCOCC1. The van der Waals surface area contributed by atoms with Crippen LogP contribution in [0, 0.1) is 5.41 Å². The Kier molecular flexibility index (Phi) is 5.13. The van der Waals surface area contributed by atoms with Gasteiger partial charge in [0.2, 0.25) is 0 Å². The second-order valence-electron chi connectivity index (χ2n) is 5.77. The standard InChI is InChI=1S/C11H25N3O3S/c1-11(2,3)10(12)9-13(4)18(15,16)14-5-7-17-8-6-14/h10H,5-9,12H2,1-4H3/t10-/m1/s1. The van der Waals surface area contributed by atoms with Crippen LogP contribution in [0.15, 0.2) is 0 Å². The molecule has 0 aliphatic carbocycles. The molecule has 0 saturated carbocycles. The van der Waals surface area contributed by atoms with Crippen molar-refractivity contribution in [1.29, 1.82) is 0 Å². The highest BCUT2D eigenvalue weighted by atomic mass is 32.2. The third kappa shape index (κ3) is 3.89. The summed E-state index contributed by atoms with van der Waals surface area (Å²) in [6.45, 7) is 8.08. The molecule has 1 saturated heterocycles. The Hall–Kier alpha value is -0.210. The fraction of sp³-hybridized carbons (Fsp3) is 1.00. The van der Waals surface area contributed by atoms with Crippen LogP contribution in [0.2, 0.25) is 0 Å². The summed E-state index contributed by atoms with van der Waals surface area (Å²) >= 11 is 0. The van der Waals surface area contributed by atoms with Gasteiger partial charge in [-0.3, -0.25) is 0 Å². The number of rotatable bonds is 4. The van der Waals surface area contributed by atoms with Crippen molar-refractivity contribution < 1.29 is 13.2 Å². The zero-order valence-electron chi connectivity index (χ0n) is 11.7. The largest absolute Gasteiger partial charge is 0.379 e. The second-order valence-corrected chi connectivity index (χ2v) is 7.81. The fourth-order valence-electron chi connectivity index (χ4n) is 1.62. The van der Waals surface area contributed by atoms with Gasteiger partial charge in [0.05, 0.1) is 13.2 Å². The maximum atomic E-state index is 12.3. The Morgan fingerprint density at radius 1 is 1.33 bits per heavy atom. The molecule has 0 spiro atoms. The molecule has 108 valence electrons. The predicted octanol–water partition coefficient (Wildman–Crippen LogP) is -0.131. The molecule has 1 aliphatic rings. The molecule has 18 heavy (non-hydrogen) atoms. The summed E-state index contributed by atoms with van der Waals surface area (Å²) in [4.78, 5) is 0. The van der Waals surface area contributed by atoms with Crippen molar-refractivity contribution in [2.75, 3.05) is 39.9 Å². The number of likely N-dealkylation sites (N-methyl/N-ethyl adjacent to an activating group) is 1. The van der Waals surface area contributed by atoms with Crippen LogP contribution < -0.4 is 5.73 Å². The average molecular weight is 279 g/mol. The fourth-order valence-corrected chi connectivity index (χ4v) is 2.97. The number of hydrogen-bond acceptors (Lipinski definition) is 4. The maximum Gasteiger partial charge on any atom is 0.281 e. The minimum absolute atomic E-state index is 0.116. The summed E-state index contributed by atoms with van der Waals surface area (Å²) in [5.41, 5.74) is 5.91. The molecule has 0 aromatic rings. The lowest BCUT2D eigenvalue weighted by molar-refractivity contribution is 0.0703. The summed E-state index contributed by atoms with van der Waals surface area (Å²) in [7, 11) is -1.83. The van der Waals surface area contributed by atoms with E-state index in [0.717, 1.165) is 0 Å². The van der Waals surface area contributed by atoms with Crippen molar-refractivity contribution >= 4 is 10.2 Å². The number of nitrogens with zero attached hydrogens (tertiary/aromatic N) is 2. The quantitative estimate of drug-likeness (QED) is 0.778. The van der Waals surface area contributed by atoms with Gasteiger partial charge in [0.1, 0.15) is 0 Å². The van der Waals surface area contributed by atoms with E-state index in [0.29, 0.717) is 32.8 Å². The molecule has 1 rings (SSSR count). The molecule has 1 aliphatic heterocycles. The molecule has 1 atom stereocenters. The van der Waals surface area contributed by atoms with Gasteiger partial charge in [0.25, 0.3) is 10.2 Å². The van der Waals surface area contributed by atoms with E-state index >= 15 is 0 Å². The van der Waals surface area contributed by atoms with E-state index in [1.165, 1.54) is 8.61 Å². The van der Waals surface area contributed by atoms with E-state index in [-0.39, 0.29) is 11.5 Å². The molecular formula is C11H25N3O3S. The molecule has 7 heteroatoms. The third-order valence-corrected chi connectivity index (χ3v) is 5.21. The van der Waals surface area contributed by atoms with Gasteiger partial charge in [0, 0.05) is 32.7 Å². The van der Waals surface area contributed by atoms with Crippen LogP contribution in [0.3, 0.4) is 0 Å². The van der Waals surface area contributed by atoms with Crippen molar-refractivity contribution in [3.8, 4) is 0 Å². The topological polar surface area (TPSA) is 75.9 Å². The minimum Gasteiger partial charge on any atom is -0.379 e. The van der Waals surface area contributed by atoms with E-state index < -0.39 is 10.2 Å². The Balaban J connectivity index is 2.67. The van der Waals surface area contributed by atoms with E-state index in [2.05, 4.69) is 0 Å². The van der Waals surface area contributed by atoms with E-state index in [1.54, 1.807) is 7.05 Å². The Labute approximate surface area is 110 Å². The highest BCUT2D eigenvalue weighted by Gasteiger charge is 2.31. The van der Waals surface area contributed by atoms with E-state index in [1.807, 2.05) is 20.8 Å². The number of morpholine rings is 1. The maximum absolute atomic E-state index is 12.3. The predicted molar refractivity (Wildman–Crippen MR) is 71.4 cm³/mol. The second kappa shape index (κ2) is 5.83. The van der Waals surface area contributed by atoms with Crippen LogP contribution in [0.25, 0.3) is 0 Å². The molecule has 0 aromatic heterocycles. The Morgan fingerprint density at radius 3 is 2.28 bits per heavy atom. The number of hydrogen-bond donors (Lipinski definition) is 1. The molecule has 0 unspecified atom stereocenters. The highest BCUT2D eigenvalue weighted by molar-refractivity contribution is 7.86. The lowest BCUT2D eigenvalue weighted by Crippen LogP contribution is -2.52. The Morgan fingerprint density at radius 2 is 1.83 bits per heavy atom. The van der Waals surface area contributed by atoms with Crippen molar-refractivity contribution in [3.63, 3.8) is 0 Å². The molecule has 1 heterocycles. The van der Waals surface area contributed by atoms with Crippen LogP contribution in [-0.4, -0.2) is 63.0 Å². The zero-order chi connectivity index (χ0) is 14.0. The smallest absolute Gasteiger partial charge is 0.281 e. The van der Waals surface area contributed by atoms with Crippen molar-refractivity contribution in [2.24, 2.45) is 11.1 Å². The molecule has 0 aromatic carbocycles. The van der Waals surface area contributed by atoms with Gasteiger partial charge in [-0.25, -0.2) is 0 Å². The summed E-state index contributed by atoms with van der Waals surface area (Å²) in [5.74, 6) is 0. The number of ether oxygens (including phenoxy) is 1. The average Bonchev–Trinajstić information content (AvgIpc) is 2.28. The monoisotopic (exact) mass is 279 g/mol. The molecule has 0 radical (unpaired) electrons. The normalized spacial score (nSPS) is 21.2. The molecule has 6 nitrogen and oxygen atoms in total. The number of nitrogens with two attached hydrogens (primary N) is 1. The van der Waals surface area contributed by atoms with Gasteiger partial charge >= 0.3 is 0 Å². The molecule has 1 fully saturated rings. The first-order chi connectivity index (χ1) is 8.15. The van der Waals surface area contributed by atoms with Crippen LogP contribution in [0.5, 0.6) is 0 Å². The van der Waals surface area contributed by atoms with E-state index in [4.69, 9.17) is 10.5 Å². The van der Waals surface area contributed by atoms with Gasteiger partial charge < -0.3 is 10.5 Å². The third-order valence-electron chi connectivity index (χ3n) is 3.26. The summed E-state index contributed by atoms with van der Waals surface area (Å²) < 4.78 is 32.5. The van der Waals surface area contributed by atoms with Crippen LogP contribution in [0.1, 0.15) is 20.8 Å². The lowest BCUT2D eigenvalue weighted by Gasteiger charge is -2.34. The zero-order valence-corrected chi connectivity index (χ0v) is 12.5. The van der Waals surface area contributed by atoms with Crippen molar-refractivity contribution in [1.82, 2.24) is 8.61 Å². The summed E-state index contributed by atoms with van der Waals surface area (Å²) in [6.07, 6.45) is 0. The minimum atomic E-state index is -3.41. The first-order valence-corrected chi connectivity index (χ1v) is 7.60. The molecular weight excluding hydrogens is 254 g/mol. The van der Waals surface area contributed by atoms with Crippen LogP contribution in [0.4, 0.5) is 0 Å². The first kappa shape index (κ1) is 15.8. The van der Waals surface area contributed by atoms with Crippen molar-refractivity contribution in [3.05, 3.63) is 0 Å². The lowest BCUT2D eigenvalue weighted by atomic mass is 9.87. The molecule has 0 amide bonds. The van der Waals surface area contributed by atoms with Gasteiger partial charge in [-0.15, -0.1) is 0 Å². The van der Waals surface area contributed by atoms with Crippen molar-refractivity contribution in [2.45, 2.75) is 26.8 Å².